The number of nitrogens with one attached hydrogen (secondary N) is 1. The Bertz CT molecular complexity index is 568. The molecule has 1 unspecified atom stereocenters. The third kappa shape index (κ3) is 2.71. The predicted molar refractivity (Wildman–Crippen MR) is 66.0 cm³/mol. The van der Waals surface area contributed by atoms with Crippen LogP contribution in [0.4, 0.5) is 4.39 Å². The van der Waals surface area contributed by atoms with Crippen LogP contribution < -0.4 is 5.32 Å². The average Bonchev–Trinajstić information content (AvgIpc) is 2.76. The molecule has 1 N–H and O–H groups in total. The topological polar surface area (TPSA) is 42.2 Å². The van der Waals surface area contributed by atoms with Crippen molar-refractivity contribution >= 4 is 17.5 Å². The van der Waals surface area contributed by atoms with E-state index in [2.05, 4.69) is 5.32 Å². The summed E-state index contributed by atoms with van der Waals surface area (Å²) in [5, 5.41) is 2.77. The molecule has 2 rings (SSSR count). The molecule has 1 amide bonds. The quantitative estimate of drug-likeness (QED) is 0.924. The molecular formula is C13H11ClFNO2. The Kier molecular flexibility index (Phi) is 3.67. The maximum atomic E-state index is 13.5. The molecule has 5 heteroatoms. The van der Waals surface area contributed by atoms with Crippen LogP contribution in [-0.4, -0.2) is 5.91 Å². The summed E-state index contributed by atoms with van der Waals surface area (Å²) in [6.07, 6.45) is 0. The van der Waals surface area contributed by atoms with Gasteiger partial charge in [0.25, 0.3) is 5.91 Å². The van der Waals surface area contributed by atoms with Gasteiger partial charge in [-0.3, -0.25) is 4.79 Å². The first-order chi connectivity index (χ1) is 8.58. The number of rotatable bonds is 3. The Morgan fingerprint density at radius 1 is 1.33 bits per heavy atom. The van der Waals surface area contributed by atoms with Gasteiger partial charge in [-0.15, -0.1) is 0 Å². The van der Waals surface area contributed by atoms with E-state index < -0.39 is 11.9 Å². The SMILES string of the molecule is CC(NC(=O)c1ccc(Cl)o1)c1ccccc1F. The third-order valence-corrected chi connectivity index (χ3v) is 2.72. The molecule has 0 spiro atoms. The lowest BCUT2D eigenvalue weighted by Crippen LogP contribution is -2.26. The van der Waals surface area contributed by atoms with Gasteiger partial charge >= 0.3 is 0 Å². The Morgan fingerprint density at radius 2 is 2.06 bits per heavy atom. The van der Waals surface area contributed by atoms with Crippen molar-refractivity contribution in [3.8, 4) is 0 Å². The van der Waals surface area contributed by atoms with Gasteiger partial charge in [0.05, 0.1) is 6.04 Å². The van der Waals surface area contributed by atoms with Crippen molar-refractivity contribution in [2.24, 2.45) is 0 Å². The Morgan fingerprint density at radius 3 is 2.67 bits per heavy atom. The monoisotopic (exact) mass is 267 g/mol. The van der Waals surface area contributed by atoms with Gasteiger partial charge < -0.3 is 9.73 Å². The molecule has 1 heterocycles. The Balaban J connectivity index is 2.10. The van der Waals surface area contributed by atoms with Crippen molar-refractivity contribution < 1.29 is 13.6 Å². The van der Waals surface area contributed by atoms with Gasteiger partial charge in [-0.2, -0.15) is 0 Å². The third-order valence-electron chi connectivity index (χ3n) is 2.52. The second-order valence-electron chi connectivity index (χ2n) is 3.82. The average molecular weight is 268 g/mol. The van der Waals surface area contributed by atoms with Crippen molar-refractivity contribution in [3.05, 3.63) is 58.8 Å². The van der Waals surface area contributed by atoms with Crippen LogP contribution in [0.2, 0.25) is 5.22 Å². The molecule has 0 aliphatic rings. The molecule has 94 valence electrons. The van der Waals surface area contributed by atoms with Gasteiger partial charge in [0, 0.05) is 5.56 Å². The van der Waals surface area contributed by atoms with Crippen LogP contribution in [0, 0.1) is 5.82 Å². The van der Waals surface area contributed by atoms with Crippen LogP contribution in [0.1, 0.15) is 29.1 Å². The summed E-state index contributed by atoms with van der Waals surface area (Å²) in [5.41, 5.74) is 0.420. The van der Waals surface area contributed by atoms with E-state index in [0.717, 1.165) is 0 Å². The number of amides is 1. The van der Waals surface area contributed by atoms with Crippen molar-refractivity contribution in [3.63, 3.8) is 0 Å². The first-order valence-electron chi connectivity index (χ1n) is 5.38. The standard InChI is InChI=1S/C13H11ClFNO2/c1-8(9-4-2-3-5-10(9)15)16-13(17)11-6-7-12(14)18-11/h2-8H,1H3,(H,16,17). The first-order valence-corrected chi connectivity index (χ1v) is 5.76. The Hall–Kier alpha value is -1.81. The highest BCUT2D eigenvalue weighted by atomic mass is 35.5. The van der Waals surface area contributed by atoms with E-state index in [-0.39, 0.29) is 16.8 Å². The van der Waals surface area contributed by atoms with Crippen molar-refractivity contribution in [2.75, 3.05) is 0 Å². The minimum atomic E-state index is -0.456. The van der Waals surface area contributed by atoms with Crippen LogP contribution in [0.3, 0.4) is 0 Å². The molecule has 2 aromatic rings. The summed E-state index contributed by atoms with van der Waals surface area (Å²) < 4.78 is 18.5. The molecular weight excluding hydrogens is 257 g/mol. The molecule has 0 fully saturated rings. The maximum absolute atomic E-state index is 13.5. The van der Waals surface area contributed by atoms with Gasteiger partial charge in [-0.1, -0.05) is 18.2 Å². The number of furan rings is 1. The van der Waals surface area contributed by atoms with E-state index >= 15 is 0 Å². The van der Waals surface area contributed by atoms with Crippen LogP contribution in [0.15, 0.2) is 40.8 Å². The Labute approximate surface area is 109 Å². The van der Waals surface area contributed by atoms with E-state index in [4.69, 9.17) is 16.0 Å². The number of hydrogen-bond donors (Lipinski definition) is 1. The zero-order chi connectivity index (χ0) is 13.1. The first kappa shape index (κ1) is 12.6. The molecule has 1 aromatic heterocycles. The fourth-order valence-electron chi connectivity index (χ4n) is 1.61. The number of benzene rings is 1. The predicted octanol–water partition coefficient (Wildman–Crippen LogP) is 3.56. The molecule has 0 bridgehead atoms. The van der Waals surface area contributed by atoms with Crippen LogP contribution in [0.25, 0.3) is 0 Å². The van der Waals surface area contributed by atoms with Gasteiger partial charge in [0.15, 0.2) is 11.0 Å². The number of halogens is 2. The summed E-state index contributed by atoms with van der Waals surface area (Å²) in [6.45, 7) is 1.70. The lowest BCUT2D eigenvalue weighted by Gasteiger charge is -2.13. The summed E-state index contributed by atoms with van der Waals surface area (Å²) in [7, 11) is 0. The largest absolute Gasteiger partial charge is 0.440 e. The minimum Gasteiger partial charge on any atom is -0.440 e. The molecule has 0 radical (unpaired) electrons. The van der Waals surface area contributed by atoms with Gasteiger partial charge in [-0.25, -0.2) is 4.39 Å². The van der Waals surface area contributed by atoms with Crippen molar-refractivity contribution in [1.29, 1.82) is 0 Å². The number of carbonyl (C=O) groups excluding carboxylic acids is 1. The van der Waals surface area contributed by atoms with Crippen LogP contribution >= 0.6 is 11.6 Å². The summed E-state index contributed by atoms with van der Waals surface area (Å²) in [5.74, 6) is -0.691. The van der Waals surface area contributed by atoms with Gasteiger partial charge in [0.2, 0.25) is 0 Å². The zero-order valence-corrected chi connectivity index (χ0v) is 10.4. The van der Waals surface area contributed by atoms with E-state index in [1.54, 1.807) is 25.1 Å². The molecule has 18 heavy (non-hydrogen) atoms. The summed E-state index contributed by atoms with van der Waals surface area (Å²) >= 11 is 5.58. The fourth-order valence-corrected chi connectivity index (χ4v) is 1.75. The van der Waals surface area contributed by atoms with Crippen LogP contribution in [0.5, 0.6) is 0 Å². The second-order valence-corrected chi connectivity index (χ2v) is 4.19. The summed E-state index contributed by atoms with van der Waals surface area (Å²) in [4.78, 5) is 11.8. The number of carbonyl (C=O) groups is 1. The van der Waals surface area contributed by atoms with E-state index in [0.29, 0.717) is 5.56 Å². The maximum Gasteiger partial charge on any atom is 0.287 e. The minimum absolute atomic E-state index is 0.100. The van der Waals surface area contributed by atoms with Crippen LogP contribution in [-0.2, 0) is 0 Å². The molecule has 0 saturated carbocycles. The van der Waals surface area contributed by atoms with E-state index in [9.17, 15) is 9.18 Å². The normalized spacial score (nSPS) is 12.2. The van der Waals surface area contributed by atoms with E-state index in [1.807, 2.05) is 0 Å². The molecule has 3 nitrogen and oxygen atoms in total. The smallest absolute Gasteiger partial charge is 0.287 e. The molecule has 0 aliphatic carbocycles. The number of hydrogen-bond acceptors (Lipinski definition) is 2. The second kappa shape index (κ2) is 5.23. The lowest BCUT2D eigenvalue weighted by molar-refractivity contribution is 0.0911. The zero-order valence-electron chi connectivity index (χ0n) is 9.61. The highest BCUT2D eigenvalue weighted by Gasteiger charge is 2.16. The molecule has 0 aliphatic heterocycles. The van der Waals surface area contributed by atoms with Crippen molar-refractivity contribution in [2.45, 2.75) is 13.0 Å². The summed E-state index contributed by atoms with van der Waals surface area (Å²) in [6, 6.07) is 8.76. The fraction of sp³-hybridized carbons (Fsp3) is 0.154. The van der Waals surface area contributed by atoms with Gasteiger partial charge in [-0.05, 0) is 36.7 Å². The molecule has 0 saturated heterocycles. The molecule has 1 aromatic carbocycles. The lowest BCUT2D eigenvalue weighted by atomic mass is 10.1. The van der Waals surface area contributed by atoms with E-state index in [1.165, 1.54) is 18.2 Å². The molecule has 1 atom stereocenters. The van der Waals surface area contributed by atoms with Crippen molar-refractivity contribution in [1.82, 2.24) is 5.32 Å². The highest BCUT2D eigenvalue weighted by molar-refractivity contribution is 6.29. The van der Waals surface area contributed by atoms with Gasteiger partial charge in [0.1, 0.15) is 5.82 Å². The highest BCUT2D eigenvalue weighted by Crippen LogP contribution is 2.18.